The van der Waals surface area contributed by atoms with Gasteiger partial charge in [-0.2, -0.15) is 9.97 Å². The normalized spacial score (nSPS) is 17.3. The molecule has 0 spiro atoms. The largest absolute Gasteiger partial charge is 0.378 e. The number of hydrogen-bond acceptors (Lipinski definition) is 8. The molecule has 3 aromatic rings. The van der Waals surface area contributed by atoms with E-state index in [2.05, 4.69) is 63.3 Å². The molecule has 2 fully saturated rings. The number of aromatic nitrogens is 2. The molecule has 2 aromatic carbocycles. The number of piperazine rings is 1. The minimum absolute atomic E-state index is 0.0573. The van der Waals surface area contributed by atoms with Crippen LogP contribution in [0.3, 0.4) is 0 Å². The summed E-state index contributed by atoms with van der Waals surface area (Å²) in [5.74, 6) is 1.34. The highest BCUT2D eigenvalue weighted by molar-refractivity contribution is 5.71. The molecule has 2 aliphatic rings. The van der Waals surface area contributed by atoms with Crippen LogP contribution in [0.15, 0.2) is 60.7 Å². The molecule has 0 amide bonds. The number of piperidine rings is 1. The van der Waals surface area contributed by atoms with Crippen molar-refractivity contribution in [2.45, 2.75) is 25.8 Å². The number of benzene rings is 2. The Labute approximate surface area is 211 Å². The third kappa shape index (κ3) is 5.57. The second-order valence-corrected chi connectivity index (χ2v) is 9.71. The predicted octanol–water partition coefficient (Wildman–Crippen LogP) is 3.75. The van der Waals surface area contributed by atoms with Crippen LogP contribution in [0.25, 0.3) is 0 Å². The van der Waals surface area contributed by atoms with Crippen LogP contribution in [-0.4, -0.2) is 59.1 Å². The summed E-state index contributed by atoms with van der Waals surface area (Å²) < 4.78 is 0. The maximum absolute atomic E-state index is 11.9. The second-order valence-electron chi connectivity index (χ2n) is 9.71. The molecule has 0 atom stereocenters. The predicted molar refractivity (Wildman–Crippen MR) is 142 cm³/mol. The van der Waals surface area contributed by atoms with Gasteiger partial charge in [-0.25, -0.2) is 0 Å². The van der Waals surface area contributed by atoms with Gasteiger partial charge in [-0.05, 0) is 36.3 Å². The van der Waals surface area contributed by atoms with Gasteiger partial charge in [0, 0.05) is 45.8 Å². The van der Waals surface area contributed by atoms with Crippen LogP contribution in [0.2, 0.25) is 0 Å². The summed E-state index contributed by atoms with van der Waals surface area (Å²) in [5, 5.41) is 11.9. The summed E-state index contributed by atoms with van der Waals surface area (Å²) in [5.41, 5.74) is 8.59. The molecule has 0 aliphatic carbocycles. The zero-order valence-corrected chi connectivity index (χ0v) is 20.5. The molecule has 188 valence electrons. The van der Waals surface area contributed by atoms with Crippen molar-refractivity contribution in [1.82, 2.24) is 14.9 Å². The Kier molecular flexibility index (Phi) is 7.27. The second kappa shape index (κ2) is 10.9. The molecule has 2 saturated heterocycles. The van der Waals surface area contributed by atoms with Crippen molar-refractivity contribution in [3.05, 3.63) is 81.9 Å². The first-order valence-corrected chi connectivity index (χ1v) is 12.7. The number of rotatable bonds is 7. The van der Waals surface area contributed by atoms with E-state index >= 15 is 0 Å². The van der Waals surface area contributed by atoms with Crippen molar-refractivity contribution in [3.8, 4) is 0 Å². The summed E-state index contributed by atoms with van der Waals surface area (Å²) in [6, 6.07) is 20.9. The summed E-state index contributed by atoms with van der Waals surface area (Å²) in [4.78, 5) is 27.0. The van der Waals surface area contributed by atoms with Crippen molar-refractivity contribution >= 4 is 23.3 Å². The molecule has 3 heterocycles. The highest BCUT2D eigenvalue weighted by Gasteiger charge is 2.32. The Morgan fingerprint density at radius 2 is 1.44 bits per heavy atom. The van der Waals surface area contributed by atoms with Crippen molar-refractivity contribution < 1.29 is 4.92 Å². The number of hydrogen-bond donors (Lipinski definition) is 1. The molecule has 9 nitrogen and oxygen atoms in total. The van der Waals surface area contributed by atoms with E-state index in [9.17, 15) is 10.1 Å². The minimum atomic E-state index is -0.442. The van der Waals surface area contributed by atoms with Gasteiger partial charge in [-0.1, -0.05) is 60.7 Å². The lowest BCUT2D eigenvalue weighted by Crippen LogP contribution is -2.46. The molecule has 0 saturated carbocycles. The third-order valence-corrected chi connectivity index (χ3v) is 7.25. The van der Waals surface area contributed by atoms with Gasteiger partial charge in [0.05, 0.1) is 4.92 Å². The number of nitrogen functional groups attached to an aromatic ring is 1. The highest BCUT2D eigenvalue weighted by Crippen LogP contribution is 2.35. The van der Waals surface area contributed by atoms with Crippen molar-refractivity contribution in [3.63, 3.8) is 0 Å². The molecular weight excluding hydrogens is 454 g/mol. The summed E-state index contributed by atoms with van der Waals surface area (Å²) in [6.07, 6.45) is 2.95. The molecule has 2 N–H and O–H groups in total. The SMILES string of the molecule is Nc1nc(N2CCN(Cc3ccccc3)CC2)nc(N2CCC(Cc3ccccc3)CC2)c1[N+](=O)[O-]. The van der Waals surface area contributed by atoms with E-state index in [1.807, 2.05) is 17.0 Å². The summed E-state index contributed by atoms with van der Waals surface area (Å²) in [7, 11) is 0. The van der Waals surface area contributed by atoms with Gasteiger partial charge in [0.25, 0.3) is 0 Å². The molecule has 5 rings (SSSR count). The van der Waals surface area contributed by atoms with E-state index in [-0.39, 0.29) is 11.5 Å². The lowest BCUT2D eigenvalue weighted by Gasteiger charge is -2.36. The van der Waals surface area contributed by atoms with E-state index in [1.165, 1.54) is 11.1 Å². The van der Waals surface area contributed by atoms with Crippen molar-refractivity contribution in [2.75, 3.05) is 54.8 Å². The number of anilines is 3. The first kappa shape index (κ1) is 24.0. The molecule has 1 aromatic heterocycles. The van der Waals surface area contributed by atoms with Crippen LogP contribution in [0.4, 0.5) is 23.3 Å². The fourth-order valence-corrected chi connectivity index (χ4v) is 5.23. The van der Waals surface area contributed by atoms with E-state index in [4.69, 9.17) is 10.7 Å². The molecule has 9 heteroatoms. The fourth-order valence-electron chi connectivity index (χ4n) is 5.23. The Morgan fingerprint density at radius 3 is 2.06 bits per heavy atom. The van der Waals surface area contributed by atoms with E-state index in [0.29, 0.717) is 17.7 Å². The minimum Gasteiger partial charge on any atom is -0.378 e. The zero-order chi connectivity index (χ0) is 24.9. The van der Waals surface area contributed by atoms with Crippen LogP contribution in [0.1, 0.15) is 24.0 Å². The first-order valence-electron chi connectivity index (χ1n) is 12.7. The van der Waals surface area contributed by atoms with Gasteiger partial charge in [-0.3, -0.25) is 15.0 Å². The standard InChI is InChI=1S/C27H33N7O2/c28-25-24(34(35)36)26(32-13-11-22(12-14-32)19-21-7-3-1-4-8-21)30-27(29-25)33-17-15-31(16-18-33)20-23-9-5-2-6-10-23/h1-10,22H,11-20H2,(H2,28,29,30). The molecule has 0 radical (unpaired) electrons. The van der Waals surface area contributed by atoms with Gasteiger partial charge in [0.1, 0.15) is 0 Å². The molecule has 2 aliphatic heterocycles. The van der Waals surface area contributed by atoms with E-state index in [1.54, 1.807) is 0 Å². The third-order valence-electron chi connectivity index (χ3n) is 7.25. The van der Waals surface area contributed by atoms with Gasteiger partial charge in [0.15, 0.2) is 0 Å². The quantitative estimate of drug-likeness (QED) is 0.397. The van der Waals surface area contributed by atoms with Crippen LogP contribution in [0.5, 0.6) is 0 Å². The van der Waals surface area contributed by atoms with E-state index < -0.39 is 4.92 Å². The lowest BCUT2D eigenvalue weighted by molar-refractivity contribution is -0.383. The molecule has 36 heavy (non-hydrogen) atoms. The van der Waals surface area contributed by atoms with Gasteiger partial charge >= 0.3 is 5.69 Å². The zero-order valence-electron chi connectivity index (χ0n) is 20.5. The van der Waals surface area contributed by atoms with Crippen LogP contribution in [0, 0.1) is 16.0 Å². The summed E-state index contributed by atoms with van der Waals surface area (Å²) in [6.45, 7) is 5.59. The van der Waals surface area contributed by atoms with Gasteiger partial charge in [-0.15, -0.1) is 0 Å². The Balaban J connectivity index is 1.26. The average molecular weight is 488 g/mol. The monoisotopic (exact) mass is 487 g/mol. The van der Waals surface area contributed by atoms with Gasteiger partial charge < -0.3 is 15.5 Å². The van der Waals surface area contributed by atoms with Gasteiger partial charge in [0.2, 0.25) is 17.6 Å². The van der Waals surface area contributed by atoms with Crippen LogP contribution < -0.4 is 15.5 Å². The van der Waals surface area contributed by atoms with Crippen LogP contribution in [-0.2, 0) is 13.0 Å². The highest BCUT2D eigenvalue weighted by atomic mass is 16.6. The number of nitrogens with two attached hydrogens (primary N) is 1. The number of nitro groups is 1. The van der Waals surface area contributed by atoms with Crippen LogP contribution >= 0.6 is 0 Å². The lowest BCUT2D eigenvalue weighted by atomic mass is 9.90. The fraction of sp³-hybridized carbons (Fsp3) is 0.407. The average Bonchev–Trinajstić information content (AvgIpc) is 2.90. The Morgan fingerprint density at radius 1 is 0.833 bits per heavy atom. The van der Waals surface area contributed by atoms with Crippen molar-refractivity contribution in [1.29, 1.82) is 0 Å². The Hall–Kier alpha value is -3.72. The maximum atomic E-state index is 11.9. The first-order chi connectivity index (χ1) is 17.6. The molecular formula is C27H33N7O2. The van der Waals surface area contributed by atoms with Crippen molar-refractivity contribution in [2.24, 2.45) is 5.92 Å². The smallest absolute Gasteiger partial charge is 0.353 e. The number of nitrogens with zero attached hydrogens (tertiary/aromatic N) is 6. The molecule has 0 bridgehead atoms. The molecule has 0 unspecified atom stereocenters. The van der Waals surface area contributed by atoms with E-state index in [0.717, 1.165) is 65.1 Å². The topological polar surface area (TPSA) is 105 Å². The Bertz CT molecular complexity index is 1160. The maximum Gasteiger partial charge on any atom is 0.353 e. The summed E-state index contributed by atoms with van der Waals surface area (Å²) >= 11 is 0.